The van der Waals surface area contributed by atoms with Gasteiger partial charge in [0.1, 0.15) is 0 Å². The molecular formula is C19H23NO2. The number of ether oxygens (including phenoxy) is 1. The van der Waals surface area contributed by atoms with Crippen LogP contribution in [0.3, 0.4) is 0 Å². The SMILES string of the molecule is COC(CNC(=O)Cc1cccc(C)c1)c1ccccc1C. The number of carbonyl (C=O) groups excluding carboxylic acids is 1. The molecule has 1 amide bonds. The van der Waals surface area contributed by atoms with E-state index in [0.717, 1.165) is 11.1 Å². The molecule has 1 atom stereocenters. The normalized spacial score (nSPS) is 12.0. The third-order valence-corrected chi connectivity index (χ3v) is 3.75. The molecule has 0 aliphatic carbocycles. The molecule has 3 nitrogen and oxygen atoms in total. The van der Waals surface area contributed by atoms with Gasteiger partial charge in [-0.05, 0) is 30.5 Å². The van der Waals surface area contributed by atoms with Gasteiger partial charge in [0.25, 0.3) is 0 Å². The maximum atomic E-state index is 12.1. The van der Waals surface area contributed by atoms with E-state index in [1.54, 1.807) is 7.11 Å². The monoisotopic (exact) mass is 297 g/mol. The zero-order valence-corrected chi connectivity index (χ0v) is 13.4. The van der Waals surface area contributed by atoms with Crippen molar-refractivity contribution in [1.82, 2.24) is 5.32 Å². The Bertz CT molecular complexity index is 637. The van der Waals surface area contributed by atoms with Crippen molar-refractivity contribution >= 4 is 5.91 Å². The lowest BCUT2D eigenvalue weighted by atomic mass is 10.0. The van der Waals surface area contributed by atoms with Gasteiger partial charge in [0.05, 0.1) is 12.5 Å². The lowest BCUT2D eigenvalue weighted by molar-refractivity contribution is -0.121. The van der Waals surface area contributed by atoms with E-state index in [9.17, 15) is 4.79 Å². The van der Waals surface area contributed by atoms with Crippen molar-refractivity contribution in [2.75, 3.05) is 13.7 Å². The quantitative estimate of drug-likeness (QED) is 0.888. The molecule has 0 heterocycles. The molecule has 0 radical (unpaired) electrons. The molecule has 116 valence electrons. The van der Waals surface area contributed by atoms with E-state index < -0.39 is 0 Å². The fourth-order valence-electron chi connectivity index (χ4n) is 2.54. The largest absolute Gasteiger partial charge is 0.375 e. The predicted molar refractivity (Wildman–Crippen MR) is 88.8 cm³/mol. The minimum atomic E-state index is -0.123. The van der Waals surface area contributed by atoms with Crippen LogP contribution in [0.1, 0.15) is 28.4 Å². The van der Waals surface area contributed by atoms with Gasteiger partial charge in [0, 0.05) is 13.7 Å². The van der Waals surface area contributed by atoms with Crippen LogP contribution in [0.4, 0.5) is 0 Å². The summed E-state index contributed by atoms with van der Waals surface area (Å²) in [6, 6.07) is 16.1. The van der Waals surface area contributed by atoms with Crippen LogP contribution in [-0.2, 0) is 16.0 Å². The maximum absolute atomic E-state index is 12.1. The van der Waals surface area contributed by atoms with E-state index in [4.69, 9.17) is 4.74 Å². The second kappa shape index (κ2) is 7.76. The Morgan fingerprint density at radius 1 is 1.14 bits per heavy atom. The van der Waals surface area contributed by atoms with Crippen molar-refractivity contribution in [3.63, 3.8) is 0 Å². The second-order valence-corrected chi connectivity index (χ2v) is 5.55. The van der Waals surface area contributed by atoms with Gasteiger partial charge in [-0.25, -0.2) is 0 Å². The van der Waals surface area contributed by atoms with E-state index in [-0.39, 0.29) is 12.0 Å². The van der Waals surface area contributed by atoms with Crippen LogP contribution in [0.15, 0.2) is 48.5 Å². The zero-order valence-electron chi connectivity index (χ0n) is 13.4. The first-order valence-electron chi connectivity index (χ1n) is 7.50. The van der Waals surface area contributed by atoms with Crippen LogP contribution in [0.2, 0.25) is 0 Å². The van der Waals surface area contributed by atoms with Crippen LogP contribution in [-0.4, -0.2) is 19.6 Å². The van der Waals surface area contributed by atoms with E-state index in [2.05, 4.69) is 18.3 Å². The molecule has 0 bridgehead atoms. The standard InChI is InChI=1S/C19H23NO2/c1-14-7-6-9-16(11-14)12-19(21)20-13-18(22-3)17-10-5-4-8-15(17)2/h4-11,18H,12-13H2,1-3H3,(H,20,21). The van der Waals surface area contributed by atoms with E-state index in [0.29, 0.717) is 13.0 Å². The van der Waals surface area contributed by atoms with Crippen LogP contribution < -0.4 is 5.32 Å². The fourth-order valence-corrected chi connectivity index (χ4v) is 2.54. The van der Waals surface area contributed by atoms with Crippen LogP contribution in [0.25, 0.3) is 0 Å². The summed E-state index contributed by atoms with van der Waals surface area (Å²) in [5.74, 6) is 0.0150. The number of methoxy groups -OCH3 is 1. The highest BCUT2D eigenvalue weighted by Gasteiger charge is 2.14. The Kier molecular flexibility index (Phi) is 5.73. The fraction of sp³-hybridized carbons (Fsp3) is 0.316. The molecule has 22 heavy (non-hydrogen) atoms. The summed E-state index contributed by atoms with van der Waals surface area (Å²) in [4.78, 5) is 12.1. The van der Waals surface area contributed by atoms with Crippen LogP contribution in [0.5, 0.6) is 0 Å². The molecule has 0 saturated carbocycles. The molecule has 1 unspecified atom stereocenters. The maximum Gasteiger partial charge on any atom is 0.224 e. The van der Waals surface area contributed by atoms with Gasteiger partial charge in [-0.15, -0.1) is 0 Å². The smallest absolute Gasteiger partial charge is 0.224 e. The number of hydrogen-bond acceptors (Lipinski definition) is 2. The van der Waals surface area contributed by atoms with Gasteiger partial charge in [0.2, 0.25) is 5.91 Å². The van der Waals surface area contributed by atoms with E-state index in [1.165, 1.54) is 11.1 Å². The third kappa shape index (κ3) is 4.43. The number of carbonyl (C=O) groups is 1. The summed E-state index contributed by atoms with van der Waals surface area (Å²) >= 11 is 0. The highest BCUT2D eigenvalue weighted by molar-refractivity contribution is 5.78. The van der Waals surface area contributed by atoms with Gasteiger partial charge in [-0.1, -0.05) is 54.1 Å². The number of hydrogen-bond donors (Lipinski definition) is 1. The Labute approximate surface area is 132 Å². The highest BCUT2D eigenvalue weighted by atomic mass is 16.5. The lowest BCUT2D eigenvalue weighted by Crippen LogP contribution is -2.30. The zero-order chi connectivity index (χ0) is 15.9. The molecule has 0 fully saturated rings. The highest BCUT2D eigenvalue weighted by Crippen LogP contribution is 2.19. The first-order chi connectivity index (χ1) is 10.6. The minimum absolute atomic E-state index is 0.0150. The molecule has 3 heteroatoms. The van der Waals surface area contributed by atoms with Crippen molar-refractivity contribution in [3.8, 4) is 0 Å². The summed E-state index contributed by atoms with van der Waals surface area (Å²) in [5, 5.41) is 2.96. The lowest BCUT2D eigenvalue weighted by Gasteiger charge is -2.18. The average molecular weight is 297 g/mol. The number of benzene rings is 2. The van der Waals surface area contributed by atoms with Crippen LogP contribution in [0, 0.1) is 13.8 Å². The second-order valence-electron chi connectivity index (χ2n) is 5.55. The van der Waals surface area contributed by atoms with Crippen molar-refractivity contribution in [1.29, 1.82) is 0 Å². The van der Waals surface area contributed by atoms with Crippen LogP contribution >= 0.6 is 0 Å². The molecule has 0 spiro atoms. The van der Waals surface area contributed by atoms with Gasteiger partial charge in [-0.3, -0.25) is 4.79 Å². The molecule has 0 saturated heterocycles. The van der Waals surface area contributed by atoms with Gasteiger partial charge in [0.15, 0.2) is 0 Å². The molecule has 2 aromatic rings. The third-order valence-electron chi connectivity index (χ3n) is 3.75. The Balaban J connectivity index is 1.93. The number of aryl methyl sites for hydroxylation is 2. The van der Waals surface area contributed by atoms with E-state index >= 15 is 0 Å². The Hall–Kier alpha value is -2.13. The first kappa shape index (κ1) is 16.2. The molecule has 1 N–H and O–H groups in total. The summed E-state index contributed by atoms with van der Waals surface area (Å²) in [5.41, 5.74) is 4.48. The number of rotatable bonds is 6. The first-order valence-corrected chi connectivity index (χ1v) is 7.50. The Morgan fingerprint density at radius 2 is 1.91 bits per heavy atom. The van der Waals surface area contributed by atoms with E-state index in [1.807, 2.05) is 49.4 Å². The van der Waals surface area contributed by atoms with Gasteiger partial charge in [-0.2, -0.15) is 0 Å². The molecular weight excluding hydrogens is 274 g/mol. The van der Waals surface area contributed by atoms with Crippen molar-refractivity contribution in [2.24, 2.45) is 0 Å². The average Bonchev–Trinajstić information content (AvgIpc) is 2.49. The molecule has 2 aromatic carbocycles. The molecule has 0 aromatic heterocycles. The molecule has 0 aliphatic heterocycles. The number of amides is 1. The summed E-state index contributed by atoms with van der Waals surface area (Å²) in [7, 11) is 1.67. The van der Waals surface area contributed by atoms with Crippen molar-refractivity contribution in [3.05, 3.63) is 70.8 Å². The summed E-state index contributed by atoms with van der Waals surface area (Å²) in [6.45, 7) is 4.56. The Morgan fingerprint density at radius 3 is 2.59 bits per heavy atom. The molecule has 0 aliphatic rings. The minimum Gasteiger partial charge on any atom is -0.375 e. The van der Waals surface area contributed by atoms with Gasteiger partial charge < -0.3 is 10.1 Å². The van der Waals surface area contributed by atoms with Crippen molar-refractivity contribution in [2.45, 2.75) is 26.4 Å². The predicted octanol–water partition coefficient (Wildman–Crippen LogP) is 3.35. The number of nitrogens with one attached hydrogen (secondary N) is 1. The van der Waals surface area contributed by atoms with Crippen molar-refractivity contribution < 1.29 is 9.53 Å². The summed E-state index contributed by atoms with van der Waals surface area (Å²) in [6.07, 6.45) is 0.272. The summed E-state index contributed by atoms with van der Waals surface area (Å²) < 4.78 is 5.52. The topological polar surface area (TPSA) is 38.3 Å². The van der Waals surface area contributed by atoms with Gasteiger partial charge >= 0.3 is 0 Å². The molecule has 2 rings (SSSR count).